The average Bonchev–Trinajstić information content (AvgIpc) is 2.53. The second-order valence-electron chi connectivity index (χ2n) is 6.13. The number of aromatic nitrogens is 1. The number of hydrogen-bond donors (Lipinski definition) is 1. The lowest BCUT2D eigenvalue weighted by atomic mass is 9.94. The quantitative estimate of drug-likeness (QED) is 0.875. The van der Waals surface area contributed by atoms with Gasteiger partial charge in [-0.2, -0.15) is 5.26 Å². The number of anilines is 1. The number of rotatable bonds is 2. The highest BCUT2D eigenvalue weighted by Gasteiger charge is 2.28. The Morgan fingerprint density at radius 2 is 2.19 bits per heavy atom. The minimum absolute atomic E-state index is 0.241. The number of pyridine rings is 1. The van der Waals surface area contributed by atoms with E-state index in [1.807, 2.05) is 0 Å². The van der Waals surface area contributed by atoms with Crippen LogP contribution < -0.4 is 10.6 Å². The van der Waals surface area contributed by atoms with E-state index < -0.39 is 0 Å². The summed E-state index contributed by atoms with van der Waals surface area (Å²) in [6, 6.07) is 4.64. The smallest absolute Gasteiger partial charge is 0.147 e. The van der Waals surface area contributed by atoms with Gasteiger partial charge in [-0.15, -0.1) is 0 Å². The standard InChI is InChI=1S/C16H23N5/c1-20-6-7-21(14(10-18)11-20)16-13(9-17)8-12-4-2-3-5-15(12)19-16/h8,14H,2-7,10-11,18H2,1H3. The molecule has 1 atom stereocenters. The molecule has 2 heterocycles. The van der Waals surface area contributed by atoms with Gasteiger partial charge in [0.1, 0.15) is 11.9 Å². The van der Waals surface area contributed by atoms with Gasteiger partial charge in [-0.1, -0.05) is 0 Å². The average molecular weight is 285 g/mol. The fourth-order valence-electron chi connectivity index (χ4n) is 3.42. The van der Waals surface area contributed by atoms with Crippen LogP contribution in [0, 0.1) is 11.3 Å². The Morgan fingerprint density at radius 3 is 2.95 bits per heavy atom. The second-order valence-corrected chi connectivity index (χ2v) is 6.13. The molecule has 0 saturated carbocycles. The number of nitrogens with two attached hydrogens (primary N) is 1. The zero-order valence-corrected chi connectivity index (χ0v) is 12.7. The first-order valence-electron chi connectivity index (χ1n) is 7.81. The molecule has 1 saturated heterocycles. The molecule has 0 radical (unpaired) electrons. The second kappa shape index (κ2) is 6.00. The van der Waals surface area contributed by atoms with Gasteiger partial charge in [-0.05, 0) is 44.4 Å². The van der Waals surface area contributed by atoms with Gasteiger partial charge in [0.25, 0.3) is 0 Å². The summed E-state index contributed by atoms with van der Waals surface area (Å²) in [5, 5.41) is 9.50. The van der Waals surface area contributed by atoms with Crippen molar-refractivity contribution in [2.75, 3.05) is 38.1 Å². The lowest BCUT2D eigenvalue weighted by Crippen LogP contribution is -2.55. The zero-order chi connectivity index (χ0) is 14.8. The van der Waals surface area contributed by atoms with Crippen LogP contribution in [0.15, 0.2) is 6.07 Å². The van der Waals surface area contributed by atoms with Crippen LogP contribution in [0.4, 0.5) is 5.82 Å². The molecule has 0 bridgehead atoms. The van der Waals surface area contributed by atoms with E-state index in [0.717, 1.165) is 38.3 Å². The number of hydrogen-bond acceptors (Lipinski definition) is 5. The monoisotopic (exact) mass is 285 g/mol. The van der Waals surface area contributed by atoms with E-state index in [-0.39, 0.29) is 6.04 Å². The summed E-state index contributed by atoms with van der Waals surface area (Å²) in [6.07, 6.45) is 4.50. The first kappa shape index (κ1) is 14.3. The lowest BCUT2D eigenvalue weighted by Gasteiger charge is -2.41. The molecule has 1 fully saturated rings. The van der Waals surface area contributed by atoms with Crippen LogP contribution in [0.3, 0.4) is 0 Å². The lowest BCUT2D eigenvalue weighted by molar-refractivity contribution is 0.268. The first-order valence-corrected chi connectivity index (χ1v) is 7.81. The molecule has 1 unspecified atom stereocenters. The maximum Gasteiger partial charge on any atom is 0.147 e. The maximum absolute atomic E-state index is 9.50. The first-order chi connectivity index (χ1) is 10.2. The molecule has 1 aromatic rings. The number of fused-ring (bicyclic) bond motifs is 1. The van der Waals surface area contributed by atoms with Gasteiger partial charge >= 0.3 is 0 Å². The van der Waals surface area contributed by atoms with E-state index in [4.69, 9.17) is 10.7 Å². The Bertz CT molecular complexity index is 563. The van der Waals surface area contributed by atoms with Crippen LogP contribution >= 0.6 is 0 Å². The number of likely N-dealkylation sites (N-methyl/N-ethyl adjacent to an activating group) is 1. The van der Waals surface area contributed by atoms with Crippen LogP contribution in [0.1, 0.15) is 29.7 Å². The normalized spacial score (nSPS) is 22.7. The van der Waals surface area contributed by atoms with Crippen molar-refractivity contribution < 1.29 is 0 Å². The van der Waals surface area contributed by atoms with E-state index in [2.05, 4.69) is 29.0 Å². The van der Waals surface area contributed by atoms with E-state index in [9.17, 15) is 5.26 Å². The minimum Gasteiger partial charge on any atom is -0.349 e. The van der Waals surface area contributed by atoms with Crippen LogP contribution in [-0.4, -0.2) is 49.2 Å². The molecule has 1 aliphatic carbocycles. The third kappa shape index (κ3) is 2.74. The summed E-state index contributed by atoms with van der Waals surface area (Å²) in [4.78, 5) is 9.39. The van der Waals surface area contributed by atoms with Crippen LogP contribution in [0.2, 0.25) is 0 Å². The van der Waals surface area contributed by atoms with Crippen LogP contribution in [-0.2, 0) is 12.8 Å². The van der Waals surface area contributed by atoms with Gasteiger partial charge in [0.05, 0.1) is 11.6 Å². The van der Waals surface area contributed by atoms with Crippen molar-refractivity contribution in [1.29, 1.82) is 5.26 Å². The third-order valence-corrected chi connectivity index (χ3v) is 4.63. The number of piperazine rings is 1. The van der Waals surface area contributed by atoms with Gasteiger partial charge in [0, 0.05) is 31.9 Å². The molecule has 0 amide bonds. The van der Waals surface area contributed by atoms with E-state index in [1.54, 1.807) is 0 Å². The SMILES string of the molecule is CN1CCN(c2nc3c(cc2C#N)CCCC3)C(CN)C1. The van der Waals surface area contributed by atoms with Gasteiger partial charge < -0.3 is 15.5 Å². The topological polar surface area (TPSA) is 69.2 Å². The predicted octanol–water partition coefficient (Wildman–Crippen LogP) is 0.911. The number of nitriles is 1. The molecule has 1 aromatic heterocycles. The molecule has 1 aliphatic heterocycles. The highest BCUT2D eigenvalue weighted by molar-refractivity contribution is 5.57. The molecule has 21 heavy (non-hydrogen) atoms. The van der Waals surface area contributed by atoms with Crippen LogP contribution in [0.5, 0.6) is 0 Å². The fraction of sp³-hybridized carbons (Fsp3) is 0.625. The van der Waals surface area contributed by atoms with Crippen molar-refractivity contribution in [3.8, 4) is 6.07 Å². The number of nitrogens with zero attached hydrogens (tertiary/aromatic N) is 4. The summed E-state index contributed by atoms with van der Waals surface area (Å²) in [6.45, 7) is 3.40. The van der Waals surface area contributed by atoms with Crippen molar-refractivity contribution >= 4 is 5.82 Å². The minimum atomic E-state index is 0.241. The third-order valence-electron chi connectivity index (χ3n) is 4.63. The van der Waals surface area contributed by atoms with Crippen molar-refractivity contribution in [1.82, 2.24) is 9.88 Å². The predicted molar refractivity (Wildman–Crippen MR) is 83.3 cm³/mol. The van der Waals surface area contributed by atoms with Crippen molar-refractivity contribution in [2.24, 2.45) is 5.73 Å². The summed E-state index contributed by atoms with van der Waals surface area (Å²) in [5.41, 5.74) is 9.10. The highest BCUT2D eigenvalue weighted by atomic mass is 15.3. The molecule has 0 spiro atoms. The van der Waals surface area contributed by atoms with E-state index >= 15 is 0 Å². The molecule has 2 aliphatic rings. The van der Waals surface area contributed by atoms with Crippen molar-refractivity contribution in [2.45, 2.75) is 31.7 Å². The zero-order valence-electron chi connectivity index (χ0n) is 12.7. The van der Waals surface area contributed by atoms with Gasteiger partial charge in [0.15, 0.2) is 0 Å². The Kier molecular flexibility index (Phi) is 4.09. The Balaban J connectivity index is 1.98. The summed E-state index contributed by atoms with van der Waals surface area (Å²) in [7, 11) is 2.12. The molecular formula is C16H23N5. The van der Waals surface area contributed by atoms with E-state index in [1.165, 1.54) is 24.1 Å². The molecule has 112 valence electrons. The highest BCUT2D eigenvalue weighted by Crippen LogP contribution is 2.28. The van der Waals surface area contributed by atoms with Gasteiger partial charge in [-0.25, -0.2) is 4.98 Å². The van der Waals surface area contributed by atoms with Gasteiger partial charge in [-0.3, -0.25) is 0 Å². The van der Waals surface area contributed by atoms with Crippen LogP contribution in [0.25, 0.3) is 0 Å². The molecule has 0 aromatic carbocycles. The summed E-state index contributed by atoms with van der Waals surface area (Å²) >= 11 is 0. The van der Waals surface area contributed by atoms with Crippen molar-refractivity contribution in [3.63, 3.8) is 0 Å². The number of aryl methyl sites for hydroxylation is 2. The largest absolute Gasteiger partial charge is 0.349 e. The maximum atomic E-state index is 9.50. The Labute approximate surface area is 126 Å². The molecular weight excluding hydrogens is 262 g/mol. The molecule has 5 heteroatoms. The van der Waals surface area contributed by atoms with Crippen molar-refractivity contribution in [3.05, 3.63) is 22.9 Å². The summed E-state index contributed by atoms with van der Waals surface area (Å²) < 4.78 is 0. The molecule has 3 rings (SSSR count). The Morgan fingerprint density at radius 1 is 1.38 bits per heavy atom. The fourth-order valence-corrected chi connectivity index (χ4v) is 3.42. The van der Waals surface area contributed by atoms with Gasteiger partial charge in [0.2, 0.25) is 0 Å². The Hall–Kier alpha value is -1.64. The summed E-state index contributed by atoms with van der Waals surface area (Å²) in [5.74, 6) is 0.849. The van der Waals surface area contributed by atoms with E-state index in [0.29, 0.717) is 12.1 Å². The molecule has 5 nitrogen and oxygen atoms in total. The molecule has 2 N–H and O–H groups in total.